The number of nitrogen functional groups attached to an aromatic ring is 1. The minimum Gasteiger partial charge on any atom is -0.388 e. The Labute approximate surface area is 166 Å². The van der Waals surface area contributed by atoms with E-state index in [1.54, 1.807) is 23.0 Å². The summed E-state index contributed by atoms with van der Waals surface area (Å²) < 4.78 is 7.78. The summed E-state index contributed by atoms with van der Waals surface area (Å²) in [5.41, 5.74) is 8.35. The Bertz CT molecular complexity index is 1180. The number of fused-ring (bicyclic) bond motifs is 2. The van der Waals surface area contributed by atoms with Crippen molar-refractivity contribution in [2.45, 2.75) is 37.4 Å². The molecular formula is C21H21N5O3. The van der Waals surface area contributed by atoms with Gasteiger partial charge in [0, 0.05) is 23.2 Å². The lowest BCUT2D eigenvalue weighted by Gasteiger charge is -2.17. The first-order valence-electron chi connectivity index (χ1n) is 9.53. The van der Waals surface area contributed by atoms with E-state index in [0.29, 0.717) is 24.3 Å². The zero-order valence-corrected chi connectivity index (χ0v) is 15.6. The van der Waals surface area contributed by atoms with Crippen molar-refractivity contribution in [3.05, 3.63) is 60.7 Å². The molecule has 29 heavy (non-hydrogen) atoms. The Kier molecular flexibility index (Phi) is 4.39. The zero-order chi connectivity index (χ0) is 20.0. The number of ether oxygens (including phenoxy) is 1. The van der Waals surface area contributed by atoms with Crippen LogP contribution in [0.15, 0.2) is 55.1 Å². The summed E-state index contributed by atoms with van der Waals surface area (Å²) in [6.45, 7) is 0. The second kappa shape index (κ2) is 7.07. The van der Waals surface area contributed by atoms with E-state index in [2.05, 4.69) is 15.0 Å². The Balaban J connectivity index is 1.33. The molecule has 8 nitrogen and oxygen atoms in total. The molecule has 0 aliphatic carbocycles. The van der Waals surface area contributed by atoms with Crippen LogP contribution in [0.5, 0.6) is 0 Å². The van der Waals surface area contributed by atoms with Crippen molar-refractivity contribution in [1.82, 2.24) is 19.5 Å². The number of aliphatic hydroxyl groups excluding tert-OH is 2. The third kappa shape index (κ3) is 3.21. The minimum absolute atomic E-state index is 0.484. The topological polar surface area (TPSA) is 119 Å². The van der Waals surface area contributed by atoms with Crippen molar-refractivity contribution in [3.63, 3.8) is 0 Å². The SMILES string of the molecule is Nc1ccc2ccc(CC[C@H]3O[C@@H](n4ccc5cncnc54)[C@H](O)[C@@H]3O)cc2n1. The molecule has 0 radical (unpaired) electrons. The molecule has 4 atom stereocenters. The molecule has 0 unspecified atom stereocenters. The molecule has 0 spiro atoms. The lowest BCUT2D eigenvalue weighted by Crippen LogP contribution is -2.31. The van der Waals surface area contributed by atoms with Crippen molar-refractivity contribution in [1.29, 1.82) is 0 Å². The number of nitrogens with two attached hydrogens (primary N) is 1. The zero-order valence-electron chi connectivity index (χ0n) is 15.6. The molecule has 1 aliphatic rings. The van der Waals surface area contributed by atoms with Gasteiger partial charge in [0.05, 0.1) is 11.6 Å². The van der Waals surface area contributed by atoms with Crippen LogP contribution in [0.3, 0.4) is 0 Å². The summed E-state index contributed by atoms with van der Waals surface area (Å²) in [6, 6.07) is 11.6. The molecule has 1 fully saturated rings. The van der Waals surface area contributed by atoms with E-state index in [0.717, 1.165) is 21.9 Å². The minimum atomic E-state index is -1.04. The van der Waals surface area contributed by atoms with Crippen molar-refractivity contribution in [2.24, 2.45) is 0 Å². The first-order valence-corrected chi connectivity index (χ1v) is 9.53. The van der Waals surface area contributed by atoms with Crippen LogP contribution in [0.4, 0.5) is 5.82 Å². The number of hydrogen-bond donors (Lipinski definition) is 3. The Hall–Kier alpha value is -3.07. The van der Waals surface area contributed by atoms with E-state index in [-0.39, 0.29) is 0 Å². The normalized spacial score (nSPS) is 24.5. The molecule has 4 N–H and O–H groups in total. The number of aliphatic hydroxyl groups is 2. The first-order chi connectivity index (χ1) is 14.1. The largest absolute Gasteiger partial charge is 0.388 e. The van der Waals surface area contributed by atoms with Crippen LogP contribution in [0.25, 0.3) is 21.9 Å². The monoisotopic (exact) mass is 391 g/mol. The van der Waals surface area contributed by atoms with Gasteiger partial charge in [-0.1, -0.05) is 12.1 Å². The number of nitrogens with zero attached hydrogens (tertiary/aromatic N) is 4. The fourth-order valence-electron chi connectivity index (χ4n) is 3.94. The van der Waals surface area contributed by atoms with Gasteiger partial charge in [0.25, 0.3) is 0 Å². The van der Waals surface area contributed by atoms with Crippen LogP contribution >= 0.6 is 0 Å². The van der Waals surface area contributed by atoms with Crippen molar-refractivity contribution < 1.29 is 14.9 Å². The standard InChI is InChI=1S/C21H21N5O3/c22-17-6-4-13-3-1-12(9-15(13)25-17)2-5-16-18(27)19(28)21(29-16)26-8-7-14-10-23-11-24-20(14)26/h1,3-4,6-11,16,18-19,21,27-28H,2,5H2,(H2,22,25)/t16-,18-,19-,21-/m1/s1. The molecule has 1 aliphatic heterocycles. The maximum Gasteiger partial charge on any atom is 0.164 e. The molecule has 3 aromatic heterocycles. The van der Waals surface area contributed by atoms with E-state index >= 15 is 0 Å². The molecule has 5 rings (SSSR count). The lowest BCUT2D eigenvalue weighted by molar-refractivity contribution is -0.0364. The predicted molar refractivity (Wildman–Crippen MR) is 108 cm³/mol. The van der Waals surface area contributed by atoms with Crippen molar-refractivity contribution in [3.8, 4) is 0 Å². The van der Waals surface area contributed by atoms with E-state index < -0.39 is 24.5 Å². The number of pyridine rings is 1. The van der Waals surface area contributed by atoms with Crippen LogP contribution in [0.1, 0.15) is 18.2 Å². The fraction of sp³-hybridized carbons (Fsp3) is 0.286. The molecule has 1 saturated heterocycles. The highest BCUT2D eigenvalue weighted by Crippen LogP contribution is 2.33. The van der Waals surface area contributed by atoms with Gasteiger partial charge in [-0.15, -0.1) is 0 Å². The van der Waals surface area contributed by atoms with Gasteiger partial charge in [-0.2, -0.15) is 0 Å². The van der Waals surface area contributed by atoms with Crippen molar-refractivity contribution in [2.75, 3.05) is 5.73 Å². The van der Waals surface area contributed by atoms with E-state index in [1.807, 2.05) is 30.3 Å². The van der Waals surface area contributed by atoms with Gasteiger partial charge in [-0.25, -0.2) is 15.0 Å². The number of anilines is 1. The van der Waals surface area contributed by atoms with Gasteiger partial charge >= 0.3 is 0 Å². The maximum atomic E-state index is 10.6. The third-order valence-corrected chi connectivity index (χ3v) is 5.48. The molecule has 0 amide bonds. The van der Waals surface area contributed by atoms with Gasteiger partial charge in [-0.3, -0.25) is 0 Å². The highest BCUT2D eigenvalue weighted by atomic mass is 16.6. The molecule has 4 aromatic rings. The summed E-state index contributed by atoms with van der Waals surface area (Å²) >= 11 is 0. The summed E-state index contributed by atoms with van der Waals surface area (Å²) in [5, 5.41) is 23.0. The number of rotatable bonds is 4. The summed E-state index contributed by atoms with van der Waals surface area (Å²) in [6.07, 6.45) is 3.00. The number of aryl methyl sites for hydroxylation is 1. The molecule has 8 heteroatoms. The quantitative estimate of drug-likeness (QED) is 0.485. The van der Waals surface area contributed by atoms with E-state index in [1.165, 1.54) is 6.33 Å². The highest BCUT2D eigenvalue weighted by Gasteiger charge is 2.43. The smallest absolute Gasteiger partial charge is 0.164 e. The van der Waals surface area contributed by atoms with Crippen LogP contribution < -0.4 is 5.73 Å². The van der Waals surface area contributed by atoms with Crippen LogP contribution in [-0.2, 0) is 11.2 Å². The van der Waals surface area contributed by atoms with E-state index in [9.17, 15) is 10.2 Å². The third-order valence-electron chi connectivity index (χ3n) is 5.48. The van der Waals surface area contributed by atoms with Gasteiger partial charge in [0.2, 0.25) is 0 Å². The second-order valence-corrected chi connectivity index (χ2v) is 7.37. The Morgan fingerprint density at radius 1 is 1.07 bits per heavy atom. The molecular weight excluding hydrogens is 370 g/mol. The van der Waals surface area contributed by atoms with Crippen LogP contribution in [-0.4, -0.2) is 48.0 Å². The molecule has 1 aromatic carbocycles. The summed E-state index contributed by atoms with van der Waals surface area (Å²) in [4.78, 5) is 12.6. The van der Waals surface area contributed by atoms with E-state index in [4.69, 9.17) is 10.5 Å². The number of aromatic nitrogens is 4. The molecule has 4 heterocycles. The van der Waals surface area contributed by atoms with Crippen molar-refractivity contribution >= 4 is 27.8 Å². The van der Waals surface area contributed by atoms with Gasteiger partial charge in [-0.05, 0) is 42.7 Å². The fourth-order valence-corrected chi connectivity index (χ4v) is 3.94. The van der Waals surface area contributed by atoms with Crippen LogP contribution in [0, 0.1) is 0 Å². The van der Waals surface area contributed by atoms with Gasteiger partial charge in [0.1, 0.15) is 30.0 Å². The first kappa shape index (κ1) is 18.0. The molecule has 0 saturated carbocycles. The highest BCUT2D eigenvalue weighted by molar-refractivity contribution is 5.80. The second-order valence-electron chi connectivity index (χ2n) is 7.37. The van der Waals surface area contributed by atoms with Crippen LogP contribution in [0.2, 0.25) is 0 Å². The summed E-state index contributed by atoms with van der Waals surface area (Å²) in [7, 11) is 0. The number of hydrogen-bond acceptors (Lipinski definition) is 7. The molecule has 0 bridgehead atoms. The predicted octanol–water partition coefficient (Wildman–Crippen LogP) is 1.81. The number of benzene rings is 1. The Morgan fingerprint density at radius 2 is 1.93 bits per heavy atom. The van der Waals surface area contributed by atoms with Gasteiger partial charge < -0.3 is 25.3 Å². The summed E-state index contributed by atoms with van der Waals surface area (Å²) in [5.74, 6) is 0.484. The van der Waals surface area contributed by atoms with Gasteiger partial charge in [0.15, 0.2) is 6.23 Å². The average molecular weight is 391 g/mol. The lowest BCUT2D eigenvalue weighted by atomic mass is 10.0. The maximum absolute atomic E-state index is 10.6. The average Bonchev–Trinajstić information content (AvgIpc) is 3.28. The molecule has 148 valence electrons. The Morgan fingerprint density at radius 3 is 2.83 bits per heavy atom.